The molecule has 0 saturated heterocycles. The quantitative estimate of drug-likeness (QED) is 0.575. The van der Waals surface area contributed by atoms with Crippen molar-refractivity contribution in [1.29, 1.82) is 0 Å². The second-order valence-electron chi connectivity index (χ2n) is 4.19. The van der Waals surface area contributed by atoms with Gasteiger partial charge in [0.25, 0.3) is 5.91 Å². The number of carbonyl (C=O) groups excluding carboxylic acids is 1. The number of rotatable bonds is 7. The van der Waals surface area contributed by atoms with Gasteiger partial charge in [0, 0.05) is 5.56 Å². The number of allylic oxidation sites excluding steroid dienone is 1. The maximum Gasteiger partial charge on any atom is 0.253 e. The maximum atomic E-state index is 11.5. The van der Waals surface area contributed by atoms with Crippen LogP contribution in [-0.4, -0.2) is 17.7 Å². The van der Waals surface area contributed by atoms with E-state index >= 15 is 0 Å². The first-order chi connectivity index (χ1) is 8.77. The Kier molecular flexibility index (Phi) is 6.81. The number of carbonyl (C=O) groups is 1. The topological polar surface area (TPSA) is 49.3 Å². The molecule has 0 saturated carbocycles. The van der Waals surface area contributed by atoms with Crippen molar-refractivity contribution < 1.29 is 9.90 Å². The fourth-order valence-corrected chi connectivity index (χ4v) is 1.69. The summed E-state index contributed by atoms with van der Waals surface area (Å²) in [6.45, 7) is 1.85. The lowest BCUT2D eigenvalue weighted by Crippen LogP contribution is -2.23. The van der Waals surface area contributed by atoms with Crippen LogP contribution in [0.4, 0.5) is 0 Å². The molecule has 0 fully saturated rings. The van der Waals surface area contributed by atoms with E-state index in [0.717, 1.165) is 12.0 Å². The van der Waals surface area contributed by atoms with E-state index < -0.39 is 0 Å². The van der Waals surface area contributed by atoms with Crippen molar-refractivity contribution in [3.63, 3.8) is 0 Å². The Labute approximate surface area is 109 Å². The molecular formula is C15H21NO2. The summed E-state index contributed by atoms with van der Waals surface area (Å²) in [6.07, 6.45) is 8.93. The molecule has 2 N–H and O–H groups in total. The molecule has 0 unspecified atom stereocenters. The molecule has 98 valence electrons. The molecule has 0 aliphatic rings. The molecule has 1 rings (SSSR count). The third kappa shape index (κ3) is 5.15. The van der Waals surface area contributed by atoms with Crippen LogP contribution >= 0.6 is 0 Å². The molecule has 3 nitrogen and oxygen atoms in total. The van der Waals surface area contributed by atoms with Gasteiger partial charge in [0.2, 0.25) is 0 Å². The van der Waals surface area contributed by atoms with E-state index in [2.05, 4.69) is 18.3 Å². The molecule has 1 aromatic carbocycles. The number of nitrogens with one attached hydrogen (secondary N) is 1. The van der Waals surface area contributed by atoms with Crippen LogP contribution in [0.3, 0.4) is 0 Å². The Morgan fingerprint density at radius 3 is 2.94 bits per heavy atom. The standard InChI is InChI=1S/C15H21NO2/c1-2-3-4-5-6-8-13-9-7-10-14(11-13)15(18)16-12-17/h6-11,17H,2-5,12H2,1H3,(H,16,18). The lowest BCUT2D eigenvalue weighted by molar-refractivity contribution is 0.0910. The summed E-state index contributed by atoms with van der Waals surface area (Å²) in [5.41, 5.74) is 1.58. The van der Waals surface area contributed by atoms with Crippen molar-refractivity contribution in [2.45, 2.75) is 32.6 Å². The summed E-state index contributed by atoms with van der Waals surface area (Å²) in [5, 5.41) is 11.0. The van der Waals surface area contributed by atoms with Crippen LogP contribution in [0.25, 0.3) is 6.08 Å². The highest BCUT2D eigenvalue weighted by molar-refractivity contribution is 5.94. The molecule has 1 aromatic rings. The van der Waals surface area contributed by atoms with Crippen LogP contribution in [0.15, 0.2) is 30.3 Å². The van der Waals surface area contributed by atoms with E-state index in [-0.39, 0.29) is 12.6 Å². The van der Waals surface area contributed by atoms with Crippen LogP contribution < -0.4 is 5.32 Å². The number of amides is 1. The smallest absolute Gasteiger partial charge is 0.253 e. The first-order valence-corrected chi connectivity index (χ1v) is 6.43. The zero-order valence-corrected chi connectivity index (χ0v) is 10.9. The number of unbranched alkanes of at least 4 members (excludes halogenated alkanes) is 3. The molecule has 0 aliphatic carbocycles. The van der Waals surface area contributed by atoms with Gasteiger partial charge in [-0.2, -0.15) is 0 Å². The van der Waals surface area contributed by atoms with Crippen molar-refractivity contribution in [3.05, 3.63) is 41.5 Å². The summed E-state index contributed by atoms with van der Waals surface area (Å²) >= 11 is 0. The summed E-state index contributed by atoms with van der Waals surface area (Å²) in [7, 11) is 0. The SMILES string of the molecule is CCCCCC=Cc1cccc(C(=O)NCO)c1. The number of hydrogen-bond acceptors (Lipinski definition) is 2. The number of aliphatic hydroxyl groups excluding tert-OH is 1. The summed E-state index contributed by atoms with van der Waals surface area (Å²) < 4.78 is 0. The first-order valence-electron chi connectivity index (χ1n) is 6.43. The Morgan fingerprint density at radius 1 is 1.39 bits per heavy atom. The predicted molar refractivity (Wildman–Crippen MR) is 74.2 cm³/mol. The maximum absolute atomic E-state index is 11.5. The van der Waals surface area contributed by atoms with Crippen LogP contribution in [0.5, 0.6) is 0 Å². The third-order valence-electron chi connectivity index (χ3n) is 2.67. The summed E-state index contributed by atoms with van der Waals surface area (Å²) in [5.74, 6) is -0.251. The minimum absolute atomic E-state index is 0.251. The zero-order chi connectivity index (χ0) is 13.2. The average molecular weight is 247 g/mol. The molecule has 1 amide bonds. The monoisotopic (exact) mass is 247 g/mol. The van der Waals surface area contributed by atoms with Gasteiger partial charge in [0.15, 0.2) is 0 Å². The number of aliphatic hydroxyl groups is 1. The largest absolute Gasteiger partial charge is 0.376 e. The van der Waals surface area contributed by atoms with Crippen molar-refractivity contribution in [2.24, 2.45) is 0 Å². The lowest BCUT2D eigenvalue weighted by atomic mass is 10.1. The Bertz CT molecular complexity index is 399. The molecule has 0 heterocycles. The molecule has 0 spiro atoms. The first kappa shape index (κ1) is 14.5. The third-order valence-corrected chi connectivity index (χ3v) is 2.67. The molecule has 0 atom stereocenters. The van der Waals surface area contributed by atoms with Gasteiger partial charge in [-0.25, -0.2) is 0 Å². The van der Waals surface area contributed by atoms with E-state index in [4.69, 9.17) is 5.11 Å². The van der Waals surface area contributed by atoms with Crippen LogP contribution in [0, 0.1) is 0 Å². The Hall–Kier alpha value is -1.61. The molecule has 0 aliphatic heterocycles. The van der Waals surface area contributed by atoms with Crippen molar-refractivity contribution in [1.82, 2.24) is 5.32 Å². The molecule has 0 bridgehead atoms. The van der Waals surface area contributed by atoms with Gasteiger partial charge in [-0.05, 0) is 30.5 Å². The fraction of sp³-hybridized carbons (Fsp3) is 0.400. The van der Waals surface area contributed by atoms with Crippen molar-refractivity contribution in [3.8, 4) is 0 Å². The normalized spacial score (nSPS) is 10.8. The van der Waals surface area contributed by atoms with E-state index in [9.17, 15) is 4.79 Å². The van der Waals surface area contributed by atoms with E-state index in [0.29, 0.717) is 5.56 Å². The van der Waals surface area contributed by atoms with Crippen molar-refractivity contribution >= 4 is 12.0 Å². The predicted octanol–water partition coefficient (Wildman–Crippen LogP) is 2.96. The van der Waals surface area contributed by atoms with Crippen molar-refractivity contribution in [2.75, 3.05) is 6.73 Å². The van der Waals surface area contributed by atoms with Gasteiger partial charge in [-0.1, -0.05) is 44.1 Å². The van der Waals surface area contributed by atoms with Gasteiger partial charge >= 0.3 is 0 Å². The molecule has 18 heavy (non-hydrogen) atoms. The fourth-order valence-electron chi connectivity index (χ4n) is 1.69. The molecule has 3 heteroatoms. The highest BCUT2D eigenvalue weighted by atomic mass is 16.3. The molecule has 0 radical (unpaired) electrons. The highest BCUT2D eigenvalue weighted by Crippen LogP contribution is 2.09. The van der Waals surface area contributed by atoms with E-state index in [1.807, 2.05) is 24.3 Å². The molecule has 0 aromatic heterocycles. The Balaban J connectivity index is 2.56. The second-order valence-corrected chi connectivity index (χ2v) is 4.19. The summed E-state index contributed by atoms with van der Waals surface area (Å²) in [6, 6.07) is 7.37. The van der Waals surface area contributed by atoms with Gasteiger partial charge < -0.3 is 10.4 Å². The second kappa shape index (κ2) is 8.48. The highest BCUT2D eigenvalue weighted by Gasteiger charge is 2.03. The average Bonchev–Trinajstić information content (AvgIpc) is 2.39. The van der Waals surface area contributed by atoms with Crippen LogP contribution in [0.1, 0.15) is 48.5 Å². The number of hydrogen-bond donors (Lipinski definition) is 2. The van der Waals surface area contributed by atoms with E-state index in [1.165, 1.54) is 19.3 Å². The minimum atomic E-state index is -0.337. The summed E-state index contributed by atoms with van der Waals surface area (Å²) in [4.78, 5) is 11.5. The van der Waals surface area contributed by atoms with E-state index in [1.54, 1.807) is 6.07 Å². The number of benzene rings is 1. The minimum Gasteiger partial charge on any atom is -0.376 e. The van der Waals surface area contributed by atoms with Gasteiger partial charge in [-0.15, -0.1) is 0 Å². The Morgan fingerprint density at radius 2 is 2.22 bits per heavy atom. The van der Waals surface area contributed by atoms with Crippen LogP contribution in [-0.2, 0) is 0 Å². The van der Waals surface area contributed by atoms with Crippen LogP contribution in [0.2, 0.25) is 0 Å². The van der Waals surface area contributed by atoms with Gasteiger partial charge in [-0.3, -0.25) is 4.79 Å². The van der Waals surface area contributed by atoms with Gasteiger partial charge in [0.05, 0.1) is 0 Å². The van der Waals surface area contributed by atoms with Gasteiger partial charge in [0.1, 0.15) is 6.73 Å². The lowest BCUT2D eigenvalue weighted by Gasteiger charge is -2.02. The molecular weight excluding hydrogens is 226 g/mol. The zero-order valence-electron chi connectivity index (χ0n) is 10.9.